The Morgan fingerprint density at radius 2 is 1.80 bits per heavy atom. The zero-order valence-electron chi connectivity index (χ0n) is 11.4. The fourth-order valence-electron chi connectivity index (χ4n) is 2.24. The Balaban J connectivity index is 1.88. The number of aliphatic hydroxyl groups excluding tert-OH is 1. The second kappa shape index (κ2) is 5.13. The van der Waals surface area contributed by atoms with Crippen LogP contribution in [-0.2, 0) is 0 Å². The van der Waals surface area contributed by atoms with Gasteiger partial charge in [0.15, 0.2) is 0 Å². The monoisotopic (exact) mass is 276 g/mol. The Labute approximate surface area is 116 Å². The normalized spacial score (nSPS) is 21.4. The van der Waals surface area contributed by atoms with E-state index in [0.717, 1.165) is 5.56 Å². The van der Waals surface area contributed by atoms with E-state index in [2.05, 4.69) is 10.1 Å². The van der Waals surface area contributed by atoms with E-state index in [-0.39, 0.29) is 12.0 Å². The molecule has 1 N–H and O–H groups in total. The zero-order valence-corrected chi connectivity index (χ0v) is 11.4. The molecule has 1 aliphatic rings. The van der Waals surface area contributed by atoms with Crippen molar-refractivity contribution in [1.29, 1.82) is 0 Å². The van der Waals surface area contributed by atoms with E-state index in [1.54, 1.807) is 20.3 Å². The van der Waals surface area contributed by atoms with Crippen molar-refractivity contribution >= 4 is 0 Å². The highest BCUT2D eigenvalue weighted by atomic mass is 16.5. The molecule has 0 spiro atoms. The molecule has 3 rings (SSSR count). The number of nitrogens with zero attached hydrogens (tertiary/aromatic N) is 2. The van der Waals surface area contributed by atoms with Crippen molar-refractivity contribution in [2.75, 3.05) is 14.2 Å². The molecule has 1 heterocycles. The van der Waals surface area contributed by atoms with Gasteiger partial charge in [-0.15, -0.1) is 0 Å². The minimum Gasteiger partial charge on any atom is -0.497 e. The Kier molecular flexibility index (Phi) is 3.31. The molecular formula is C14H16N2O4. The third-order valence-corrected chi connectivity index (χ3v) is 3.51. The number of rotatable bonds is 4. The summed E-state index contributed by atoms with van der Waals surface area (Å²) in [6, 6.07) is 5.44. The predicted molar refractivity (Wildman–Crippen MR) is 70.8 cm³/mol. The molecule has 1 aromatic heterocycles. The van der Waals surface area contributed by atoms with Gasteiger partial charge in [-0.3, -0.25) is 0 Å². The van der Waals surface area contributed by atoms with Crippen LogP contribution in [0.3, 0.4) is 0 Å². The van der Waals surface area contributed by atoms with Crippen LogP contribution in [0.5, 0.6) is 11.5 Å². The van der Waals surface area contributed by atoms with Gasteiger partial charge in [-0.05, 0) is 25.0 Å². The number of aliphatic hydroxyl groups is 1. The molecule has 0 unspecified atom stereocenters. The third-order valence-electron chi connectivity index (χ3n) is 3.51. The van der Waals surface area contributed by atoms with Crippen molar-refractivity contribution < 1.29 is 19.1 Å². The highest BCUT2D eigenvalue weighted by molar-refractivity contribution is 5.60. The van der Waals surface area contributed by atoms with Crippen molar-refractivity contribution in [2.45, 2.75) is 24.9 Å². The van der Waals surface area contributed by atoms with Crippen molar-refractivity contribution in [3.63, 3.8) is 0 Å². The summed E-state index contributed by atoms with van der Waals surface area (Å²) in [5.41, 5.74) is 0.774. The molecule has 0 atom stereocenters. The highest BCUT2D eigenvalue weighted by Gasteiger charge is 2.33. The predicted octanol–water partition coefficient (Wildman–Crippen LogP) is 1.99. The van der Waals surface area contributed by atoms with E-state index in [0.29, 0.717) is 36.1 Å². The first kappa shape index (κ1) is 12.9. The smallest absolute Gasteiger partial charge is 0.230 e. The third kappa shape index (κ3) is 2.34. The summed E-state index contributed by atoms with van der Waals surface area (Å²) in [6.07, 6.45) is 1.12. The van der Waals surface area contributed by atoms with E-state index in [1.165, 1.54) is 0 Å². The van der Waals surface area contributed by atoms with Crippen LogP contribution in [0.25, 0.3) is 11.4 Å². The Bertz CT molecular complexity index is 583. The van der Waals surface area contributed by atoms with Crippen LogP contribution in [0, 0.1) is 0 Å². The van der Waals surface area contributed by atoms with E-state index in [4.69, 9.17) is 14.0 Å². The molecule has 6 nitrogen and oxygen atoms in total. The fraction of sp³-hybridized carbons (Fsp3) is 0.429. The maximum atomic E-state index is 9.32. The number of aromatic nitrogens is 2. The van der Waals surface area contributed by atoms with Crippen LogP contribution in [0.4, 0.5) is 0 Å². The van der Waals surface area contributed by atoms with Crippen LogP contribution in [-0.4, -0.2) is 35.6 Å². The summed E-state index contributed by atoms with van der Waals surface area (Å²) in [6.45, 7) is 0. The van der Waals surface area contributed by atoms with Crippen molar-refractivity contribution in [2.24, 2.45) is 0 Å². The summed E-state index contributed by atoms with van der Waals surface area (Å²) in [7, 11) is 3.19. The summed E-state index contributed by atoms with van der Waals surface area (Å²) in [5.74, 6) is 2.58. The molecule has 1 fully saturated rings. The van der Waals surface area contributed by atoms with Gasteiger partial charge in [0.05, 0.1) is 20.3 Å². The molecule has 1 aliphatic carbocycles. The molecule has 1 aromatic carbocycles. The van der Waals surface area contributed by atoms with Gasteiger partial charge >= 0.3 is 0 Å². The van der Waals surface area contributed by atoms with Gasteiger partial charge in [-0.1, -0.05) is 5.16 Å². The zero-order chi connectivity index (χ0) is 14.1. The molecule has 1 saturated carbocycles. The molecule has 0 aliphatic heterocycles. The summed E-state index contributed by atoms with van der Waals surface area (Å²) in [4.78, 5) is 4.39. The largest absolute Gasteiger partial charge is 0.497 e. The maximum absolute atomic E-state index is 9.32. The topological polar surface area (TPSA) is 77.6 Å². The lowest BCUT2D eigenvalue weighted by Crippen LogP contribution is -2.26. The fourth-order valence-corrected chi connectivity index (χ4v) is 2.24. The lowest BCUT2D eigenvalue weighted by molar-refractivity contribution is 0.0625. The van der Waals surface area contributed by atoms with Crippen molar-refractivity contribution in [3.8, 4) is 22.9 Å². The van der Waals surface area contributed by atoms with Gasteiger partial charge in [-0.2, -0.15) is 4.98 Å². The number of ether oxygens (including phenoxy) is 2. The summed E-state index contributed by atoms with van der Waals surface area (Å²) < 4.78 is 15.7. The first-order valence-electron chi connectivity index (χ1n) is 6.44. The van der Waals surface area contributed by atoms with E-state index < -0.39 is 0 Å². The van der Waals surface area contributed by atoms with Crippen LogP contribution in [0.2, 0.25) is 0 Å². The number of methoxy groups -OCH3 is 2. The van der Waals surface area contributed by atoms with Gasteiger partial charge < -0.3 is 19.1 Å². The standard InChI is InChI=1S/C14H16N2O4/c1-18-11-5-8(6-12(7-11)19-2)13-15-14(20-16-13)9-3-10(17)4-9/h5-7,9-10,17H,3-4H2,1-2H3. The van der Waals surface area contributed by atoms with Gasteiger partial charge in [-0.25, -0.2) is 0 Å². The van der Waals surface area contributed by atoms with Crippen LogP contribution < -0.4 is 9.47 Å². The Morgan fingerprint density at radius 1 is 1.15 bits per heavy atom. The molecule has 20 heavy (non-hydrogen) atoms. The molecule has 106 valence electrons. The molecule has 2 aromatic rings. The molecule has 0 bridgehead atoms. The molecule has 0 amide bonds. The first-order valence-corrected chi connectivity index (χ1v) is 6.44. The molecule has 6 heteroatoms. The second-order valence-corrected chi connectivity index (χ2v) is 4.88. The van der Waals surface area contributed by atoms with Crippen LogP contribution in [0.15, 0.2) is 22.7 Å². The molecule has 0 saturated heterocycles. The van der Waals surface area contributed by atoms with Gasteiger partial charge in [0.2, 0.25) is 11.7 Å². The minimum absolute atomic E-state index is 0.166. The van der Waals surface area contributed by atoms with Gasteiger partial charge in [0.1, 0.15) is 11.5 Å². The first-order chi connectivity index (χ1) is 9.69. The Morgan fingerprint density at radius 3 is 2.35 bits per heavy atom. The average Bonchev–Trinajstić information content (AvgIpc) is 2.92. The summed E-state index contributed by atoms with van der Waals surface area (Å²) >= 11 is 0. The van der Waals surface area contributed by atoms with E-state index >= 15 is 0 Å². The van der Waals surface area contributed by atoms with E-state index in [1.807, 2.05) is 12.1 Å². The number of benzene rings is 1. The lowest BCUT2D eigenvalue weighted by Gasteiger charge is -2.27. The molecule has 0 radical (unpaired) electrons. The lowest BCUT2D eigenvalue weighted by atomic mass is 9.82. The summed E-state index contributed by atoms with van der Waals surface area (Å²) in [5, 5.41) is 13.3. The van der Waals surface area contributed by atoms with Crippen molar-refractivity contribution in [1.82, 2.24) is 10.1 Å². The Hall–Kier alpha value is -2.08. The van der Waals surface area contributed by atoms with Gasteiger partial charge in [0, 0.05) is 17.5 Å². The van der Waals surface area contributed by atoms with Crippen LogP contribution in [0.1, 0.15) is 24.7 Å². The highest BCUT2D eigenvalue weighted by Crippen LogP contribution is 2.37. The average molecular weight is 276 g/mol. The van der Waals surface area contributed by atoms with Gasteiger partial charge in [0.25, 0.3) is 0 Å². The number of hydrogen-bond acceptors (Lipinski definition) is 6. The number of hydrogen-bond donors (Lipinski definition) is 1. The van der Waals surface area contributed by atoms with E-state index in [9.17, 15) is 5.11 Å². The second-order valence-electron chi connectivity index (χ2n) is 4.88. The quantitative estimate of drug-likeness (QED) is 0.920. The minimum atomic E-state index is -0.243. The maximum Gasteiger partial charge on any atom is 0.230 e. The SMILES string of the molecule is COc1cc(OC)cc(-c2noc(C3CC(O)C3)n2)c1. The van der Waals surface area contributed by atoms with Crippen LogP contribution >= 0.6 is 0 Å². The van der Waals surface area contributed by atoms with Crippen molar-refractivity contribution in [3.05, 3.63) is 24.1 Å². The molecular weight excluding hydrogens is 260 g/mol.